The van der Waals surface area contributed by atoms with Gasteiger partial charge in [0.1, 0.15) is 0 Å². The van der Waals surface area contributed by atoms with Crippen LogP contribution in [0.15, 0.2) is 0 Å². The third-order valence-corrected chi connectivity index (χ3v) is 3.25. The van der Waals surface area contributed by atoms with Crippen LogP contribution in [0.4, 0.5) is 0 Å². The number of unbranched alkanes of at least 4 members (excludes halogenated alkanes) is 7. The molecule has 0 radical (unpaired) electrons. The van der Waals surface area contributed by atoms with Crippen molar-refractivity contribution in [1.29, 1.82) is 0 Å². The Balaban J connectivity index is 3.43. The molecule has 0 aromatic carbocycles. The van der Waals surface area contributed by atoms with Gasteiger partial charge in [0.2, 0.25) is 5.24 Å². The van der Waals surface area contributed by atoms with Crippen molar-refractivity contribution in [3.63, 3.8) is 0 Å². The average molecular weight is 319 g/mol. The standard InChI is InChI=1S/C20H27ClO/c1-2-3-4-5-6-7-8-9-10-11-12-13-14-15-16-17-18-19-20(21)22/h2-8,11,14,17-19H2,1H3. The molecule has 0 spiro atoms. The van der Waals surface area contributed by atoms with Gasteiger partial charge in [0.15, 0.2) is 0 Å². The van der Waals surface area contributed by atoms with Gasteiger partial charge >= 0.3 is 0 Å². The van der Waals surface area contributed by atoms with Crippen LogP contribution in [-0.2, 0) is 4.79 Å². The highest BCUT2D eigenvalue weighted by Crippen LogP contribution is 2.06. The third-order valence-electron chi connectivity index (χ3n) is 3.06. The second kappa shape index (κ2) is 17.7. The quantitative estimate of drug-likeness (QED) is 0.313. The lowest BCUT2D eigenvalue weighted by Crippen LogP contribution is -1.83. The molecule has 0 atom stereocenters. The lowest BCUT2D eigenvalue weighted by atomic mass is 10.1. The van der Waals surface area contributed by atoms with E-state index in [1.807, 2.05) is 0 Å². The Morgan fingerprint density at radius 1 is 0.727 bits per heavy atom. The van der Waals surface area contributed by atoms with Crippen LogP contribution in [0.5, 0.6) is 0 Å². The van der Waals surface area contributed by atoms with Crippen LogP contribution in [-0.4, -0.2) is 5.24 Å². The van der Waals surface area contributed by atoms with E-state index in [0.29, 0.717) is 25.7 Å². The first kappa shape index (κ1) is 20.6. The predicted molar refractivity (Wildman–Crippen MR) is 95.3 cm³/mol. The van der Waals surface area contributed by atoms with Crippen molar-refractivity contribution in [2.24, 2.45) is 0 Å². The second-order valence-electron chi connectivity index (χ2n) is 5.14. The Hall–Kier alpha value is -1.36. The fourth-order valence-electron chi connectivity index (χ4n) is 1.82. The van der Waals surface area contributed by atoms with E-state index in [4.69, 9.17) is 11.6 Å². The maximum absolute atomic E-state index is 10.5. The molecule has 0 aromatic rings. The molecule has 0 unspecified atom stereocenters. The van der Waals surface area contributed by atoms with Crippen molar-refractivity contribution >= 4 is 16.8 Å². The Kier molecular flexibility index (Phi) is 16.6. The van der Waals surface area contributed by atoms with Crippen molar-refractivity contribution in [1.82, 2.24) is 0 Å². The summed E-state index contributed by atoms with van der Waals surface area (Å²) in [6, 6.07) is 0. The predicted octanol–water partition coefficient (Wildman–Crippen LogP) is 5.46. The minimum absolute atomic E-state index is 0.291. The molecular formula is C20H27ClO. The molecule has 0 heterocycles. The number of hydrogen-bond donors (Lipinski definition) is 0. The van der Waals surface area contributed by atoms with Crippen molar-refractivity contribution in [3.05, 3.63) is 0 Å². The van der Waals surface area contributed by atoms with Crippen LogP contribution in [0, 0.1) is 35.5 Å². The summed E-state index contributed by atoms with van der Waals surface area (Å²) in [5.41, 5.74) is 0. The van der Waals surface area contributed by atoms with Gasteiger partial charge in [-0.2, -0.15) is 0 Å². The number of rotatable bonds is 9. The minimum Gasteiger partial charge on any atom is -0.281 e. The van der Waals surface area contributed by atoms with Crippen molar-refractivity contribution < 1.29 is 4.79 Å². The molecule has 0 aromatic heterocycles. The highest BCUT2D eigenvalue weighted by Gasteiger charge is 1.92. The molecule has 0 aliphatic rings. The van der Waals surface area contributed by atoms with Crippen molar-refractivity contribution in [2.45, 2.75) is 84.0 Å². The molecule has 0 amide bonds. The second-order valence-corrected chi connectivity index (χ2v) is 5.56. The zero-order chi connectivity index (χ0) is 16.3. The SMILES string of the molecule is CCCCCCCCC#CCC#CCC#CCCCC(=O)Cl. The maximum Gasteiger partial charge on any atom is 0.221 e. The van der Waals surface area contributed by atoms with Gasteiger partial charge in [-0.15, -0.1) is 11.8 Å². The average Bonchev–Trinajstić information content (AvgIpc) is 2.50. The van der Waals surface area contributed by atoms with E-state index in [1.165, 1.54) is 38.5 Å². The number of hydrogen-bond acceptors (Lipinski definition) is 1. The van der Waals surface area contributed by atoms with Gasteiger partial charge in [-0.1, -0.05) is 62.7 Å². The van der Waals surface area contributed by atoms with Gasteiger partial charge in [-0.05, 0) is 24.4 Å². The smallest absolute Gasteiger partial charge is 0.221 e. The lowest BCUT2D eigenvalue weighted by molar-refractivity contribution is -0.111. The third kappa shape index (κ3) is 18.6. The van der Waals surface area contributed by atoms with Gasteiger partial charge in [0.05, 0.1) is 12.8 Å². The zero-order valence-corrected chi connectivity index (χ0v) is 14.5. The molecule has 0 saturated heterocycles. The minimum atomic E-state index is -0.291. The fourth-order valence-corrected chi connectivity index (χ4v) is 1.96. The first-order valence-corrected chi connectivity index (χ1v) is 8.70. The summed E-state index contributed by atoms with van der Waals surface area (Å²) in [6.45, 7) is 2.24. The van der Waals surface area contributed by atoms with Crippen LogP contribution in [0.1, 0.15) is 84.0 Å². The van der Waals surface area contributed by atoms with Crippen LogP contribution < -0.4 is 0 Å². The van der Waals surface area contributed by atoms with Crippen LogP contribution in [0.2, 0.25) is 0 Å². The van der Waals surface area contributed by atoms with Crippen LogP contribution in [0.25, 0.3) is 0 Å². The van der Waals surface area contributed by atoms with Gasteiger partial charge in [-0.25, -0.2) is 0 Å². The zero-order valence-electron chi connectivity index (χ0n) is 13.8. The van der Waals surface area contributed by atoms with Crippen LogP contribution in [0.3, 0.4) is 0 Å². The topological polar surface area (TPSA) is 17.1 Å². The van der Waals surface area contributed by atoms with E-state index < -0.39 is 0 Å². The molecule has 0 aliphatic carbocycles. The van der Waals surface area contributed by atoms with E-state index in [0.717, 1.165) is 12.8 Å². The molecule has 0 fully saturated rings. The summed E-state index contributed by atoms with van der Waals surface area (Å²) in [7, 11) is 0. The normalized spacial score (nSPS) is 8.82. The van der Waals surface area contributed by atoms with E-state index >= 15 is 0 Å². The fraction of sp³-hybridized carbons (Fsp3) is 0.650. The van der Waals surface area contributed by atoms with Crippen molar-refractivity contribution in [2.75, 3.05) is 0 Å². The Morgan fingerprint density at radius 2 is 1.23 bits per heavy atom. The molecule has 1 nitrogen and oxygen atoms in total. The Bertz CT molecular complexity index is 459. The number of halogens is 1. The Labute approximate surface area is 141 Å². The largest absolute Gasteiger partial charge is 0.281 e. The first-order valence-electron chi connectivity index (χ1n) is 8.33. The summed E-state index contributed by atoms with van der Waals surface area (Å²) in [5, 5.41) is -0.291. The van der Waals surface area contributed by atoms with E-state index in [-0.39, 0.29) is 5.24 Å². The summed E-state index contributed by atoms with van der Waals surface area (Å²) < 4.78 is 0. The molecule has 0 bridgehead atoms. The molecule has 0 saturated carbocycles. The highest BCUT2D eigenvalue weighted by molar-refractivity contribution is 6.63. The number of carbonyl (C=O) groups is 1. The van der Waals surface area contributed by atoms with Gasteiger partial charge in [-0.3, -0.25) is 4.79 Å². The summed E-state index contributed by atoms with van der Waals surface area (Å²) in [6.07, 6.45) is 11.9. The molecular weight excluding hydrogens is 292 g/mol. The molecule has 0 N–H and O–H groups in total. The van der Waals surface area contributed by atoms with E-state index in [1.54, 1.807) is 0 Å². The lowest BCUT2D eigenvalue weighted by Gasteiger charge is -1.96. The first-order chi connectivity index (χ1) is 10.8. The maximum atomic E-state index is 10.5. The van der Waals surface area contributed by atoms with Crippen LogP contribution >= 0.6 is 11.6 Å². The van der Waals surface area contributed by atoms with Gasteiger partial charge < -0.3 is 0 Å². The molecule has 120 valence electrons. The molecule has 0 rings (SSSR count). The molecule has 0 aliphatic heterocycles. The van der Waals surface area contributed by atoms with Gasteiger partial charge in [0, 0.05) is 19.3 Å². The summed E-state index contributed by atoms with van der Waals surface area (Å²) in [5.74, 6) is 18.2. The van der Waals surface area contributed by atoms with Crippen molar-refractivity contribution in [3.8, 4) is 35.5 Å². The Morgan fingerprint density at radius 3 is 1.82 bits per heavy atom. The number of carbonyl (C=O) groups excluding carboxylic acids is 1. The summed E-state index contributed by atoms with van der Waals surface area (Å²) in [4.78, 5) is 10.5. The summed E-state index contributed by atoms with van der Waals surface area (Å²) >= 11 is 5.23. The molecule has 22 heavy (non-hydrogen) atoms. The van der Waals surface area contributed by atoms with E-state index in [9.17, 15) is 4.79 Å². The monoisotopic (exact) mass is 318 g/mol. The van der Waals surface area contributed by atoms with E-state index in [2.05, 4.69) is 42.4 Å². The highest BCUT2D eigenvalue weighted by atomic mass is 35.5. The van der Waals surface area contributed by atoms with Gasteiger partial charge in [0.25, 0.3) is 0 Å². The molecule has 2 heteroatoms.